The van der Waals surface area contributed by atoms with Crippen LogP contribution in [0.3, 0.4) is 0 Å². The quantitative estimate of drug-likeness (QED) is 0.650. The van der Waals surface area contributed by atoms with Crippen molar-refractivity contribution < 1.29 is 9.53 Å². The molecule has 0 radical (unpaired) electrons. The normalized spacial score (nSPS) is 13.9. The van der Waals surface area contributed by atoms with Crippen LogP contribution in [0.2, 0.25) is 0 Å². The van der Waals surface area contributed by atoms with Crippen molar-refractivity contribution in [1.82, 2.24) is 5.32 Å². The molecule has 0 aliphatic rings. The van der Waals surface area contributed by atoms with E-state index in [-0.39, 0.29) is 11.4 Å². The lowest BCUT2D eigenvalue weighted by atomic mass is 10.1. The first-order valence-electron chi connectivity index (χ1n) is 4.49. The molecule has 0 saturated carbocycles. The van der Waals surface area contributed by atoms with Gasteiger partial charge in [-0.1, -0.05) is 6.92 Å². The second-order valence-electron chi connectivity index (χ2n) is 3.82. The second-order valence-corrected chi connectivity index (χ2v) is 3.82. The number of hydrogen-bond acceptors (Lipinski definition) is 3. The molecule has 0 aromatic carbocycles. The number of methoxy groups -OCH3 is 1. The zero-order chi connectivity index (χ0) is 10.5. The zero-order valence-electron chi connectivity index (χ0n) is 8.89. The number of amides is 1. The molecule has 4 heteroatoms. The summed E-state index contributed by atoms with van der Waals surface area (Å²) in [6.07, 6.45) is 0.648. The Morgan fingerprint density at radius 3 is 2.54 bits per heavy atom. The topological polar surface area (TPSA) is 64.4 Å². The fourth-order valence-corrected chi connectivity index (χ4v) is 1.01. The van der Waals surface area contributed by atoms with E-state index in [2.05, 4.69) is 5.32 Å². The van der Waals surface area contributed by atoms with E-state index in [1.807, 2.05) is 20.8 Å². The molecule has 0 aromatic rings. The molecule has 0 fully saturated rings. The number of nitrogens with two attached hydrogens (primary N) is 1. The smallest absolute Gasteiger partial charge is 0.237 e. The first kappa shape index (κ1) is 12.4. The Morgan fingerprint density at radius 1 is 1.62 bits per heavy atom. The van der Waals surface area contributed by atoms with Gasteiger partial charge in [0.2, 0.25) is 5.91 Å². The van der Waals surface area contributed by atoms with Crippen LogP contribution in [0.25, 0.3) is 0 Å². The summed E-state index contributed by atoms with van der Waals surface area (Å²) in [6, 6.07) is -0.420. The number of hydrogen-bond donors (Lipinski definition) is 2. The minimum Gasteiger partial charge on any atom is -0.382 e. The Kier molecular flexibility index (Phi) is 4.95. The summed E-state index contributed by atoms with van der Waals surface area (Å²) in [7, 11) is 1.60. The lowest BCUT2D eigenvalue weighted by molar-refractivity contribution is -0.124. The van der Waals surface area contributed by atoms with Gasteiger partial charge < -0.3 is 15.8 Å². The molecule has 0 bridgehead atoms. The van der Waals surface area contributed by atoms with Crippen LogP contribution in [-0.4, -0.2) is 31.2 Å². The van der Waals surface area contributed by atoms with Crippen molar-refractivity contribution in [3.8, 4) is 0 Å². The number of rotatable bonds is 5. The highest BCUT2D eigenvalue weighted by atomic mass is 16.5. The molecule has 1 atom stereocenters. The molecular weight excluding hydrogens is 168 g/mol. The largest absolute Gasteiger partial charge is 0.382 e. The Labute approximate surface area is 79.8 Å². The van der Waals surface area contributed by atoms with E-state index in [4.69, 9.17) is 10.5 Å². The van der Waals surface area contributed by atoms with Crippen LogP contribution in [0, 0.1) is 0 Å². The van der Waals surface area contributed by atoms with E-state index in [9.17, 15) is 4.79 Å². The molecule has 1 amide bonds. The molecule has 0 spiro atoms. The van der Waals surface area contributed by atoms with E-state index in [1.165, 1.54) is 0 Å². The predicted octanol–water partition coefficient (Wildman–Crippen LogP) is 0.265. The van der Waals surface area contributed by atoms with Crippen molar-refractivity contribution in [2.24, 2.45) is 5.73 Å². The van der Waals surface area contributed by atoms with Crippen molar-refractivity contribution in [1.29, 1.82) is 0 Å². The van der Waals surface area contributed by atoms with Gasteiger partial charge in [0.1, 0.15) is 0 Å². The summed E-state index contributed by atoms with van der Waals surface area (Å²) in [6.45, 7) is 6.16. The molecule has 13 heavy (non-hydrogen) atoms. The molecule has 4 nitrogen and oxygen atoms in total. The van der Waals surface area contributed by atoms with Gasteiger partial charge in [-0.15, -0.1) is 0 Å². The van der Waals surface area contributed by atoms with Gasteiger partial charge in [-0.25, -0.2) is 0 Å². The lowest BCUT2D eigenvalue weighted by Crippen LogP contribution is -2.52. The van der Waals surface area contributed by atoms with Crippen molar-refractivity contribution in [2.45, 2.75) is 38.8 Å². The average molecular weight is 188 g/mol. The highest BCUT2D eigenvalue weighted by molar-refractivity contribution is 5.82. The van der Waals surface area contributed by atoms with Gasteiger partial charge in [0.05, 0.1) is 18.2 Å². The Bertz CT molecular complexity index is 169. The number of carbonyl (C=O) groups excluding carboxylic acids is 1. The number of nitrogens with one attached hydrogen (secondary N) is 1. The van der Waals surface area contributed by atoms with Crippen LogP contribution in [-0.2, 0) is 9.53 Å². The fraction of sp³-hybridized carbons (Fsp3) is 0.889. The highest BCUT2D eigenvalue weighted by Crippen LogP contribution is 2.02. The molecule has 3 N–H and O–H groups in total. The number of ether oxygens (including phenoxy) is 1. The average Bonchev–Trinajstić information content (AvgIpc) is 2.01. The maximum atomic E-state index is 11.4. The molecule has 0 saturated heterocycles. The van der Waals surface area contributed by atoms with Crippen LogP contribution in [0.4, 0.5) is 0 Å². The van der Waals surface area contributed by atoms with Crippen LogP contribution < -0.4 is 11.1 Å². The van der Waals surface area contributed by atoms with Gasteiger partial charge in [0, 0.05) is 7.11 Å². The maximum absolute atomic E-state index is 11.4. The molecular formula is C9H20N2O2. The molecule has 0 rings (SSSR count). The third-order valence-electron chi connectivity index (χ3n) is 1.74. The third-order valence-corrected chi connectivity index (χ3v) is 1.74. The number of carbonyl (C=O) groups is 1. The third kappa shape index (κ3) is 4.85. The summed E-state index contributed by atoms with van der Waals surface area (Å²) < 4.78 is 4.97. The summed E-state index contributed by atoms with van der Waals surface area (Å²) in [5.41, 5.74) is 5.22. The molecule has 0 heterocycles. The van der Waals surface area contributed by atoms with Crippen molar-refractivity contribution >= 4 is 5.91 Å². The van der Waals surface area contributed by atoms with Gasteiger partial charge in [-0.05, 0) is 20.3 Å². The summed E-state index contributed by atoms with van der Waals surface area (Å²) in [5, 5.41) is 2.82. The first-order chi connectivity index (χ1) is 5.93. The maximum Gasteiger partial charge on any atom is 0.237 e. The first-order valence-corrected chi connectivity index (χ1v) is 4.49. The summed E-state index contributed by atoms with van der Waals surface area (Å²) in [5.74, 6) is -0.121. The van der Waals surface area contributed by atoms with Crippen molar-refractivity contribution in [3.63, 3.8) is 0 Å². The second kappa shape index (κ2) is 5.19. The summed E-state index contributed by atoms with van der Waals surface area (Å²) >= 11 is 0. The van der Waals surface area contributed by atoms with Crippen LogP contribution in [0.5, 0.6) is 0 Å². The predicted molar refractivity (Wildman–Crippen MR) is 52.4 cm³/mol. The standard InChI is InChI=1S/C9H20N2O2/c1-5-7(10)8(12)11-9(2,3)6-13-4/h7H,5-6,10H2,1-4H3,(H,11,12)/t7-/m0/s1. The minimum absolute atomic E-state index is 0.121. The molecule has 0 unspecified atom stereocenters. The van der Waals surface area contributed by atoms with E-state index >= 15 is 0 Å². The molecule has 0 aliphatic carbocycles. The molecule has 0 aromatic heterocycles. The van der Waals surface area contributed by atoms with E-state index in [0.717, 1.165) is 0 Å². The van der Waals surface area contributed by atoms with Crippen LogP contribution in [0.1, 0.15) is 27.2 Å². The Balaban J connectivity index is 4.03. The molecule has 78 valence electrons. The Hall–Kier alpha value is -0.610. The van der Waals surface area contributed by atoms with Gasteiger partial charge in [-0.3, -0.25) is 4.79 Å². The van der Waals surface area contributed by atoms with Crippen molar-refractivity contribution in [3.05, 3.63) is 0 Å². The van der Waals surface area contributed by atoms with Crippen LogP contribution >= 0.6 is 0 Å². The van der Waals surface area contributed by atoms with Gasteiger partial charge >= 0.3 is 0 Å². The molecule has 0 aliphatic heterocycles. The highest BCUT2D eigenvalue weighted by Gasteiger charge is 2.22. The zero-order valence-corrected chi connectivity index (χ0v) is 8.89. The van der Waals surface area contributed by atoms with Crippen LogP contribution in [0.15, 0.2) is 0 Å². The Morgan fingerprint density at radius 2 is 2.15 bits per heavy atom. The summed E-state index contributed by atoms with van der Waals surface area (Å²) in [4.78, 5) is 11.4. The SMILES string of the molecule is CC[C@H](N)C(=O)NC(C)(C)COC. The van der Waals surface area contributed by atoms with Crippen molar-refractivity contribution in [2.75, 3.05) is 13.7 Å². The van der Waals surface area contributed by atoms with E-state index in [0.29, 0.717) is 13.0 Å². The fourth-order valence-electron chi connectivity index (χ4n) is 1.01. The van der Waals surface area contributed by atoms with Gasteiger partial charge in [0.15, 0.2) is 0 Å². The minimum atomic E-state index is -0.420. The monoisotopic (exact) mass is 188 g/mol. The van der Waals surface area contributed by atoms with Gasteiger partial charge in [0.25, 0.3) is 0 Å². The van der Waals surface area contributed by atoms with E-state index < -0.39 is 6.04 Å². The lowest BCUT2D eigenvalue weighted by Gasteiger charge is -2.26. The van der Waals surface area contributed by atoms with Gasteiger partial charge in [-0.2, -0.15) is 0 Å². The van der Waals surface area contributed by atoms with E-state index in [1.54, 1.807) is 7.11 Å².